The number of H-pyrrole nitrogens is 1. The summed E-state index contributed by atoms with van der Waals surface area (Å²) in [5.41, 5.74) is -3.75. The normalized spacial score (nSPS) is 32.0. The molecule has 1 aromatic carbocycles. The molecule has 37 heavy (non-hydrogen) atoms. The van der Waals surface area contributed by atoms with Crippen LogP contribution in [-0.2, 0) is 23.4 Å². The molecule has 2 aromatic rings. The fourth-order valence-electron chi connectivity index (χ4n) is 5.58. The highest BCUT2D eigenvalue weighted by atomic mass is 31.2. The Hall–Kier alpha value is -2.76. The van der Waals surface area contributed by atoms with E-state index in [0.717, 1.165) is 0 Å². The Morgan fingerprint density at radius 3 is 2.68 bits per heavy atom. The molecule has 7 atom stereocenters. The number of nitrogens with one attached hydrogen (secondary N) is 2. The second-order valence-electron chi connectivity index (χ2n) is 10.0. The minimum Gasteiger partial charge on any atom is -0.462 e. The first kappa shape index (κ1) is 25.9. The molecule has 7 unspecified atom stereocenters. The van der Waals surface area contributed by atoms with Gasteiger partial charge in [0.2, 0.25) is 0 Å². The van der Waals surface area contributed by atoms with Gasteiger partial charge in [0.1, 0.15) is 29.2 Å². The van der Waals surface area contributed by atoms with Crippen LogP contribution in [-0.4, -0.2) is 50.6 Å². The zero-order chi connectivity index (χ0) is 26.6. The summed E-state index contributed by atoms with van der Waals surface area (Å²) in [5.74, 6) is -0.922. The third kappa shape index (κ3) is 4.46. The highest BCUT2D eigenvalue weighted by Crippen LogP contribution is 2.76. The van der Waals surface area contributed by atoms with Gasteiger partial charge in [-0.1, -0.05) is 18.2 Å². The monoisotopic (exact) mass is 535 g/mol. The van der Waals surface area contributed by atoms with E-state index in [-0.39, 0.29) is 24.4 Å². The first-order chi connectivity index (χ1) is 17.5. The average molecular weight is 535 g/mol. The van der Waals surface area contributed by atoms with E-state index in [1.807, 2.05) is 0 Å². The summed E-state index contributed by atoms with van der Waals surface area (Å²) in [6.07, 6.45) is 1.15. The highest BCUT2D eigenvalue weighted by molar-refractivity contribution is 7.52. The van der Waals surface area contributed by atoms with E-state index in [1.54, 1.807) is 44.2 Å². The SMILES string of the molecule is CC(C)OC(=O)C(C)NP(=O)(OCC12CCC3C(C(n4ccc(=O)[nH]c4=O)O1)C32O)Oc1ccccc1. The molecule has 2 aliphatic carbocycles. The van der Waals surface area contributed by atoms with Crippen molar-refractivity contribution in [3.8, 4) is 5.75 Å². The van der Waals surface area contributed by atoms with Gasteiger partial charge in [-0.3, -0.25) is 23.7 Å². The molecule has 1 saturated heterocycles. The molecular weight excluding hydrogens is 505 g/mol. The largest absolute Gasteiger partial charge is 0.462 e. The van der Waals surface area contributed by atoms with Crippen LogP contribution in [0.1, 0.15) is 39.8 Å². The van der Waals surface area contributed by atoms with Gasteiger partial charge in [0.15, 0.2) is 0 Å². The first-order valence-corrected chi connectivity index (χ1v) is 13.7. The predicted octanol–water partition coefficient (Wildman–Crippen LogP) is 1.71. The molecule has 5 rings (SSSR count). The van der Waals surface area contributed by atoms with E-state index < -0.39 is 54.4 Å². The van der Waals surface area contributed by atoms with E-state index in [0.29, 0.717) is 12.8 Å². The van der Waals surface area contributed by atoms with Crippen LogP contribution >= 0.6 is 7.75 Å². The highest BCUT2D eigenvalue weighted by Gasteiger charge is 2.85. The van der Waals surface area contributed by atoms with Gasteiger partial charge < -0.3 is 19.1 Å². The number of aromatic nitrogens is 2. The lowest BCUT2D eigenvalue weighted by Gasteiger charge is -2.33. The van der Waals surface area contributed by atoms with E-state index in [9.17, 15) is 24.1 Å². The molecule has 1 aromatic heterocycles. The average Bonchev–Trinajstić information content (AvgIpc) is 3.30. The molecular formula is C24H30N3O9P. The van der Waals surface area contributed by atoms with Gasteiger partial charge in [-0.25, -0.2) is 9.36 Å². The van der Waals surface area contributed by atoms with Crippen molar-refractivity contribution in [2.45, 2.75) is 63.2 Å². The Balaban J connectivity index is 1.38. The molecule has 0 radical (unpaired) electrons. The van der Waals surface area contributed by atoms with Gasteiger partial charge in [0.05, 0.1) is 12.7 Å². The van der Waals surface area contributed by atoms with E-state index in [1.165, 1.54) is 23.8 Å². The summed E-state index contributed by atoms with van der Waals surface area (Å²) in [7, 11) is -4.19. The summed E-state index contributed by atoms with van der Waals surface area (Å²) in [6.45, 7) is 4.55. The zero-order valence-corrected chi connectivity index (χ0v) is 21.6. The molecule has 0 bridgehead atoms. The van der Waals surface area contributed by atoms with Crippen molar-refractivity contribution in [1.82, 2.24) is 14.6 Å². The molecule has 200 valence electrons. The number of ether oxygens (including phenoxy) is 2. The number of rotatable bonds is 10. The number of benzene rings is 1. The van der Waals surface area contributed by atoms with Crippen molar-refractivity contribution in [1.29, 1.82) is 0 Å². The van der Waals surface area contributed by atoms with Gasteiger partial charge in [-0.2, -0.15) is 5.09 Å². The van der Waals surface area contributed by atoms with Crippen LogP contribution in [0.25, 0.3) is 0 Å². The summed E-state index contributed by atoms with van der Waals surface area (Å²) < 4.78 is 38.1. The molecule has 0 amide bonds. The van der Waals surface area contributed by atoms with Gasteiger partial charge >= 0.3 is 19.4 Å². The van der Waals surface area contributed by atoms with Crippen LogP contribution in [0, 0.1) is 11.8 Å². The van der Waals surface area contributed by atoms with Crippen molar-refractivity contribution in [3.63, 3.8) is 0 Å². The van der Waals surface area contributed by atoms with Crippen molar-refractivity contribution in [3.05, 3.63) is 63.4 Å². The van der Waals surface area contributed by atoms with Crippen molar-refractivity contribution < 1.29 is 33.0 Å². The third-order valence-electron chi connectivity index (χ3n) is 7.26. The zero-order valence-electron chi connectivity index (χ0n) is 20.7. The standard InChI is InChI=1S/C24H30N3O9P/c1-14(2)34-21(29)15(3)26-37(32,36-16-7-5-4-6-8-16)33-13-23-11-9-17-19(24(17,23)31)20(35-23)27-12-10-18(28)25-22(27)30/h4-8,10,12,14-15,17,19-20,31H,9,11,13H2,1-3H3,(H,26,32)(H,25,28,30). The maximum atomic E-state index is 13.9. The minimum atomic E-state index is -4.19. The molecule has 3 fully saturated rings. The maximum absolute atomic E-state index is 13.9. The predicted molar refractivity (Wildman–Crippen MR) is 130 cm³/mol. The van der Waals surface area contributed by atoms with Crippen molar-refractivity contribution >= 4 is 13.7 Å². The quantitative estimate of drug-likeness (QED) is 0.302. The van der Waals surface area contributed by atoms with E-state index >= 15 is 0 Å². The summed E-state index contributed by atoms with van der Waals surface area (Å²) in [5, 5.41) is 14.2. The van der Waals surface area contributed by atoms with Crippen molar-refractivity contribution in [2.75, 3.05) is 6.61 Å². The Labute approximate surface area is 212 Å². The van der Waals surface area contributed by atoms with Crippen LogP contribution < -0.4 is 20.9 Å². The number of hydrogen-bond donors (Lipinski definition) is 3. The summed E-state index contributed by atoms with van der Waals surface area (Å²) >= 11 is 0. The number of aliphatic hydroxyl groups is 1. The number of carbonyl (C=O) groups is 1. The second-order valence-corrected chi connectivity index (χ2v) is 11.7. The number of para-hydroxylation sites is 1. The third-order valence-corrected chi connectivity index (χ3v) is 8.88. The minimum absolute atomic E-state index is 0.143. The van der Waals surface area contributed by atoms with Crippen LogP contribution in [0.3, 0.4) is 0 Å². The smallest absolute Gasteiger partial charge is 0.459 e. The topological polar surface area (TPSA) is 158 Å². The second kappa shape index (κ2) is 9.21. The molecule has 2 heterocycles. The van der Waals surface area contributed by atoms with Gasteiger partial charge in [0, 0.05) is 24.1 Å². The Morgan fingerprint density at radius 1 is 1.27 bits per heavy atom. The Bertz CT molecular complexity index is 1340. The van der Waals surface area contributed by atoms with E-state index in [4.69, 9.17) is 18.5 Å². The molecule has 3 N–H and O–H groups in total. The summed E-state index contributed by atoms with van der Waals surface area (Å²) in [6, 6.07) is 8.52. The number of carbonyl (C=O) groups excluding carboxylic acids is 1. The van der Waals surface area contributed by atoms with E-state index in [2.05, 4.69) is 10.1 Å². The van der Waals surface area contributed by atoms with Gasteiger partial charge in [0.25, 0.3) is 5.56 Å². The fraction of sp³-hybridized carbons (Fsp3) is 0.542. The molecule has 13 heteroatoms. The van der Waals surface area contributed by atoms with Crippen LogP contribution in [0.15, 0.2) is 52.2 Å². The number of esters is 1. The maximum Gasteiger partial charge on any atom is 0.459 e. The van der Waals surface area contributed by atoms with Crippen LogP contribution in [0.2, 0.25) is 0 Å². The molecule has 12 nitrogen and oxygen atoms in total. The first-order valence-electron chi connectivity index (χ1n) is 12.2. The lowest BCUT2D eigenvalue weighted by Crippen LogP contribution is -2.47. The number of fused-ring (bicyclic) bond motifs is 1. The Morgan fingerprint density at radius 2 is 2.00 bits per heavy atom. The Kier molecular flexibility index (Phi) is 6.44. The fourth-order valence-corrected chi connectivity index (χ4v) is 7.12. The molecule has 0 spiro atoms. The van der Waals surface area contributed by atoms with Crippen molar-refractivity contribution in [2.24, 2.45) is 11.8 Å². The lowest BCUT2D eigenvalue weighted by molar-refractivity contribution is -0.150. The number of aromatic amines is 1. The summed E-state index contributed by atoms with van der Waals surface area (Å²) in [4.78, 5) is 38.5. The molecule has 3 aliphatic rings. The van der Waals surface area contributed by atoms with Gasteiger partial charge in [-0.05, 0) is 45.7 Å². The van der Waals surface area contributed by atoms with Gasteiger partial charge in [-0.15, -0.1) is 0 Å². The lowest BCUT2D eigenvalue weighted by atomic mass is 9.95. The molecule has 1 aliphatic heterocycles. The molecule has 2 saturated carbocycles. The number of hydrogen-bond acceptors (Lipinski definition) is 9. The van der Waals surface area contributed by atoms with Crippen LogP contribution in [0.4, 0.5) is 0 Å². The number of nitrogens with zero attached hydrogens (tertiary/aromatic N) is 1. The van der Waals surface area contributed by atoms with Crippen LogP contribution in [0.5, 0.6) is 5.75 Å².